The van der Waals surface area contributed by atoms with Crippen LogP contribution in [-0.4, -0.2) is 24.7 Å². The lowest BCUT2D eigenvalue weighted by Gasteiger charge is -2.06. The quantitative estimate of drug-likeness (QED) is 0.726. The number of aromatic nitrogens is 1. The molecule has 0 unspecified atom stereocenters. The Kier molecular flexibility index (Phi) is 6.70. The van der Waals surface area contributed by atoms with Gasteiger partial charge in [-0.3, -0.25) is 0 Å². The second-order valence-corrected chi connectivity index (χ2v) is 6.04. The molecule has 0 aliphatic heterocycles. The van der Waals surface area contributed by atoms with Gasteiger partial charge in [0.2, 0.25) is 0 Å². The van der Waals surface area contributed by atoms with Crippen molar-refractivity contribution >= 4 is 11.3 Å². The molecule has 3 nitrogen and oxygen atoms in total. The molecule has 0 radical (unpaired) electrons. The van der Waals surface area contributed by atoms with E-state index in [0.717, 1.165) is 38.4 Å². The van der Waals surface area contributed by atoms with E-state index in [-0.39, 0.29) is 0 Å². The van der Waals surface area contributed by atoms with Crippen molar-refractivity contribution in [2.45, 2.75) is 40.7 Å². The fourth-order valence-corrected chi connectivity index (χ4v) is 2.33. The molecule has 0 aliphatic rings. The minimum atomic E-state index is 0.629. The van der Waals surface area contributed by atoms with E-state index in [9.17, 15) is 0 Å². The Bertz CT molecular complexity index is 304. The fourth-order valence-electron chi connectivity index (χ4n) is 1.43. The van der Waals surface area contributed by atoms with Crippen LogP contribution in [0.1, 0.15) is 35.8 Å². The zero-order chi connectivity index (χ0) is 12.7. The third-order valence-corrected chi connectivity index (χ3v) is 3.52. The number of rotatable bonds is 8. The molecule has 0 spiro atoms. The molecular weight excluding hydrogens is 232 g/mol. The van der Waals surface area contributed by atoms with Crippen LogP contribution in [0, 0.1) is 19.8 Å². The first kappa shape index (κ1) is 14.6. The molecular formula is C13H24N2OS. The zero-order valence-corrected chi connectivity index (χ0v) is 12.2. The van der Waals surface area contributed by atoms with E-state index in [1.54, 1.807) is 11.3 Å². The van der Waals surface area contributed by atoms with Crippen LogP contribution in [0.15, 0.2) is 0 Å². The largest absolute Gasteiger partial charge is 0.381 e. The summed E-state index contributed by atoms with van der Waals surface area (Å²) in [6.45, 7) is 12.1. The SMILES string of the molecule is Cc1nc(CNCCCOCC(C)C)sc1C. The van der Waals surface area contributed by atoms with Crippen molar-refractivity contribution in [2.24, 2.45) is 5.92 Å². The number of aryl methyl sites for hydroxylation is 2. The molecule has 0 amide bonds. The second-order valence-electron chi connectivity index (χ2n) is 4.75. The standard InChI is InChI=1S/C13H24N2OS/c1-10(2)9-16-7-5-6-14-8-13-15-11(3)12(4)17-13/h10,14H,5-9H2,1-4H3. The normalized spacial score (nSPS) is 11.4. The number of thiazole rings is 1. The maximum atomic E-state index is 5.52. The van der Waals surface area contributed by atoms with E-state index in [4.69, 9.17) is 4.74 Å². The highest BCUT2D eigenvalue weighted by Crippen LogP contribution is 2.15. The van der Waals surface area contributed by atoms with Gasteiger partial charge in [-0.1, -0.05) is 13.8 Å². The molecule has 1 aromatic heterocycles. The lowest BCUT2D eigenvalue weighted by atomic mass is 10.2. The van der Waals surface area contributed by atoms with Gasteiger partial charge in [-0.25, -0.2) is 4.98 Å². The van der Waals surface area contributed by atoms with Gasteiger partial charge in [0.05, 0.1) is 5.69 Å². The summed E-state index contributed by atoms with van der Waals surface area (Å²) in [5.74, 6) is 0.629. The van der Waals surface area contributed by atoms with Gasteiger partial charge in [-0.15, -0.1) is 11.3 Å². The van der Waals surface area contributed by atoms with E-state index in [2.05, 4.69) is 38.0 Å². The van der Waals surface area contributed by atoms with Crippen molar-refractivity contribution in [2.75, 3.05) is 19.8 Å². The summed E-state index contributed by atoms with van der Waals surface area (Å²) in [5, 5.41) is 4.58. The van der Waals surface area contributed by atoms with Gasteiger partial charge >= 0.3 is 0 Å². The van der Waals surface area contributed by atoms with E-state index in [1.807, 2.05) is 0 Å². The molecule has 0 atom stereocenters. The molecule has 0 aliphatic carbocycles. The van der Waals surface area contributed by atoms with Crippen LogP contribution in [0.5, 0.6) is 0 Å². The molecule has 0 bridgehead atoms. The Morgan fingerprint density at radius 2 is 2.12 bits per heavy atom. The maximum absolute atomic E-state index is 5.52. The van der Waals surface area contributed by atoms with Gasteiger partial charge in [-0.2, -0.15) is 0 Å². The lowest BCUT2D eigenvalue weighted by molar-refractivity contribution is 0.108. The first-order valence-corrected chi connectivity index (χ1v) is 7.12. The molecule has 0 saturated carbocycles. The van der Waals surface area contributed by atoms with Gasteiger partial charge in [0.25, 0.3) is 0 Å². The van der Waals surface area contributed by atoms with Crippen molar-refractivity contribution in [1.29, 1.82) is 0 Å². The summed E-state index contributed by atoms with van der Waals surface area (Å²) >= 11 is 1.78. The van der Waals surface area contributed by atoms with Crippen molar-refractivity contribution in [3.63, 3.8) is 0 Å². The summed E-state index contributed by atoms with van der Waals surface area (Å²) in [4.78, 5) is 5.81. The summed E-state index contributed by atoms with van der Waals surface area (Å²) < 4.78 is 5.52. The number of nitrogens with zero attached hydrogens (tertiary/aromatic N) is 1. The highest BCUT2D eigenvalue weighted by atomic mass is 32.1. The van der Waals surface area contributed by atoms with Crippen LogP contribution in [-0.2, 0) is 11.3 Å². The lowest BCUT2D eigenvalue weighted by Crippen LogP contribution is -2.16. The van der Waals surface area contributed by atoms with E-state index >= 15 is 0 Å². The van der Waals surface area contributed by atoms with Crippen LogP contribution in [0.25, 0.3) is 0 Å². The molecule has 1 N–H and O–H groups in total. The average molecular weight is 256 g/mol. The Hall–Kier alpha value is -0.450. The smallest absolute Gasteiger partial charge is 0.107 e. The predicted octanol–water partition coefficient (Wildman–Crippen LogP) is 2.91. The number of hydrogen-bond acceptors (Lipinski definition) is 4. The third kappa shape index (κ3) is 6.15. The number of ether oxygens (including phenoxy) is 1. The van der Waals surface area contributed by atoms with E-state index in [1.165, 1.54) is 9.88 Å². The van der Waals surface area contributed by atoms with Crippen LogP contribution in [0.3, 0.4) is 0 Å². The number of nitrogens with one attached hydrogen (secondary N) is 1. The van der Waals surface area contributed by atoms with Gasteiger partial charge in [0.1, 0.15) is 5.01 Å². The van der Waals surface area contributed by atoms with Gasteiger partial charge in [0.15, 0.2) is 0 Å². The van der Waals surface area contributed by atoms with Crippen molar-refractivity contribution in [1.82, 2.24) is 10.3 Å². The Balaban J connectivity index is 2.01. The second kappa shape index (κ2) is 7.80. The molecule has 4 heteroatoms. The predicted molar refractivity (Wildman–Crippen MR) is 73.6 cm³/mol. The zero-order valence-electron chi connectivity index (χ0n) is 11.4. The molecule has 17 heavy (non-hydrogen) atoms. The Morgan fingerprint density at radius 3 is 2.71 bits per heavy atom. The van der Waals surface area contributed by atoms with E-state index < -0.39 is 0 Å². The van der Waals surface area contributed by atoms with Gasteiger partial charge < -0.3 is 10.1 Å². The van der Waals surface area contributed by atoms with Crippen LogP contribution >= 0.6 is 11.3 Å². The topological polar surface area (TPSA) is 34.2 Å². The molecule has 0 saturated heterocycles. The molecule has 0 aromatic carbocycles. The summed E-state index contributed by atoms with van der Waals surface area (Å²) in [6, 6.07) is 0. The van der Waals surface area contributed by atoms with Gasteiger partial charge in [-0.05, 0) is 32.7 Å². The molecule has 0 fully saturated rings. The minimum Gasteiger partial charge on any atom is -0.381 e. The van der Waals surface area contributed by atoms with E-state index in [0.29, 0.717) is 5.92 Å². The highest BCUT2D eigenvalue weighted by molar-refractivity contribution is 7.11. The highest BCUT2D eigenvalue weighted by Gasteiger charge is 2.02. The summed E-state index contributed by atoms with van der Waals surface area (Å²) in [5.41, 5.74) is 1.16. The minimum absolute atomic E-state index is 0.629. The monoisotopic (exact) mass is 256 g/mol. The molecule has 1 heterocycles. The number of hydrogen-bond donors (Lipinski definition) is 1. The van der Waals surface area contributed by atoms with Crippen LogP contribution in [0.2, 0.25) is 0 Å². The Morgan fingerprint density at radius 1 is 1.35 bits per heavy atom. The van der Waals surface area contributed by atoms with Crippen LogP contribution in [0.4, 0.5) is 0 Å². The fraction of sp³-hybridized carbons (Fsp3) is 0.769. The first-order chi connectivity index (χ1) is 8.09. The molecule has 1 aromatic rings. The van der Waals surface area contributed by atoms with Gasteiger partial charge in [0, 0.05) is 24.6 Å². The van der Waals surface area contributed by atoms with Crippen molar-refractivity contribution < 1.29 is 4.74 Å². The maximum Gasteiger partial charge on any atom is 0.107 e. The average Bonchev–Trinajstić information content (AvgIpc) is 2.56. The van der Waals surface area contributed by atoms with Crippen LogP contribution < -0.4 is 5.32 Å². The van der Waals surface area contributed by atoms with Crippen molar-refractivity contribution in [3.05, 3.63) is 15.6 Å². The van der Waals surface area contributed by atoms with Crippen molar-refractivity contribution in [3.8, 4) is 0 Å². The Labute approximate surface area is 109 Å². The molecule has 1 rings (SSSR count). The first-order valence-electron chi connectivity index (χ1n) is 6.31. The third-order valence-electron chi connectivity index (χ3n) is 2.44. The summed E-state index contributed by atoms with van der Waals surface area (Å²) in [6.07, 6.45) is 1.07. The molecule has 98 valence electrons. The summed E-state index contributed by atoms with van der Waals surface area (Å²) in [7, 11) is 0.